The average Bonchev–Trinajstić information content (AvgIpc) is 3.60. The molecule has 0 radical (unpaired) electrons. The van der Waals surface area contributed by atoms with E-state index in [1.165, 1.54) is 82.7 Å². The van der Waals surface area contributed by atoms with Crippen molar-refractivity contribution in [1.82, 2.24) is 0 Å². The second kappa shape index (κ2) is 15.6. The summed E-state index contributed by atoms with van der Waals surface area (Å²) in [6.07, 6.45) is 0. The third kappa shape index (κ3) is 6.10. The van der Waals surface area contributed by atoms with Crippen LogP contribution in [-0.2, 0) is 0 Å². The summed E-state index contributed by atoms with van der Waals surface area (Å²) >= 11 is 0. The molecule has 0 bridgehead atoms. The van der Waals surface area contributed by atoms with E-state index in [0.29, 0.717) is 0 Å². The maximum atomic E-state index is 6.50. The van der Waals surface area contributed by atoms with Gasteiger partial charge in [-0.05, 0) is 126 Å². The van der Waals surface area contributed by atoms with Crippen LogP contribution in [0.2, 0.25) is 0 Å². The van der Waals surface area contributed by atoms with Crippen LogP contribution in [0, 0.1) is 18.8 Å². The van der Waals surface area contributed by atoms with Gasteiger partial charge in [-0.3, -0.25) is 0 Å². The highest BCUT2D eigenvalue weighted by Gasteiger charge is 2.31. The van der Waals surface area contributed by atoms with Crippen molar-refractivity contribution in [2.75, 3.05) is 4.90 Å². The Kier molecular flexibility index (Phi) is 10.00. The van der Waals surface area contributed by atoms with Gasteiger partial charge in [0.1, 0.15) is 0 Å². The molecule has 0 unspecified atom stereocenters. The third-order valence-corrected chi connectivity index (χ3v) is 10.6. The highest BCUT2D eigenvalue weighted by Crippen LogP contribution is 2.58. The number of benzene rings is 9. The SMILES string of the molecule is C#N.CC.Cc1cccc(N(c2ccccc2)c2ccc(-c3ccc4c5c(cccc35)-c3c-4c(-c4ccccc4)c4ccccc4c3-c3ccccc3)cc2)c1. The van der Waals surface area contributed by atoms with Gasteiger partial charge < -0.3 is 4.90 Å². The van der Waals surface area contributed by atoms with Gasteiger partial charge in [0.25, 0.3) is 0 Å². The molecule has 268 valence electrons. The van der Waals surface area contributed by atoms with Crippen LogP contribution in [-0.4, -0.2) is 0 Å². The number of nitrogens with zero attached hydrogens (tertiary/aromatic N) is 2. The molecule has 0 heterocycles. The second-order valence-electron chi connectivity index (χ2n) is 13.7. The van der Waals surface area contributed by atoms with Gasteiger partial charge in [0, 0.05) is 23.6 Å². The fourth-order valence-electron chi connectivity index (χ4n) is 8.44. The number of anilines is 3. The van der Waals surface area contributed by atoms with E-state index in [1.54, 1.807) is 0 Å². The minimum Gasteiger partial charge on any atom is -0.310 e. The van der Waals surface area contributed by atoms with Crippen LogP contribution in [0.4, 0.5) is 17.1 Å². The topological polar surface area (TPSA) is 27.0 Å². The van der Waals surface area contributed by atoms with Gasteiger partial charge in [-0.2, -0.15) is 0 Å². The van der Waals surface area contributed by atoms with Crippen LogP contribution in [0.1, 0.15) is 19.4 Å². The maximum Gasteiger partial charge on any atom is 0.0464 e. The zero-order chi connectivity index (χ0) is 38.6. The Bertz CT molecular complexity index is 2730. The quantitative estimate of drug-likeness (QED) is 0.171. The molecule has 2 heteroatoms. The molecule has 0 fully saturated rings. The molecular weight excluding hydrogens is 677 g/mol. The first-order valence-electron chi connectivity index (χ1n) is 19.3. The van der Waals surface area contributed by atoms with E-state index in [4.69, 9.17) is 5.26 Å². The van der Waals surface area contributed by atoms with Gasteiger partial charge in [-0.25, -0.2) is 5.26 Å². The Hall–Kier alpha value is -7.21. The zero-order valence-corrected chi connectivity index (χ0v) is 31.9. The van der Waals surface area contributed by atoms with Gasteiger partial charge in [0.2, 0.25) is 0 Å². The molecule has 9 aromatic carbocycles. The van der Waals surface area contributed by atoms with E-state index in [2.05, 4.69) is 213 Å². The predicted molar refractivity (Wildman–Crippen MR) is 240 cm³/mol. The lowest BCUT2D eigenvalue weighted by Gasteiger charge is -2.26. The summed E-state index contributed by atoms with van der Waals surface area (Å²) < 4.78 is 0. The zero-order valence-electron chi connectivity index (χ0n) is 31.9. The van der Waals surface area contributed by atoms with Crippen LogP contribution in [0.3, 0.4) is 0 Å². The van der Waals surface area contributed by atoms with Crippen molar-refractivity contribution in [1.29, 1.82) is 5.26 Å². The number of nitriles is 1. The fourth-order valence-corrected chi connectivity index (χ4v) is 8.44. The Labute approximate surface area is 330 Å². The Morgan fingerprint density at radius 1 is 0.357 bits per heavy atom. The Morgan fingerprint density at radius 3 is 1.38 bits per heavy atom. The van der Waals surface area contributed by atoms with Crippen LogP contribution >= 0.6 is 0 Å². The summed E-state index contributed by atoms with van der Waals surface area (Å²) in [6, 6.07) is 70.9. The van der Waals surface area contributed by atoms with E-state index < -0.39 is 0 Å². The second-order valence-corrected chi connectivity index (χ2v) is 13.7. The largest absolute Gasteiger partial charge is 0.310 e. The summed E-state index contributed by atoms with van der Waals surface area (Å²) in [6.45, 7) is 9.65. The first-order chi connectivity index (χ1) is 27.7. The first-order valence-corrected chi connectivity index (χ1v) is 19.3. The normalized spacial score (nSPS) is 10.9. The van der Waals surface area contributed by atoms with E-state index in [1.807, 2.05) is 13.8 Å². The number of hydrogen-bond donors (Lipinski definition) is 0. The molecule has 9 aromatic rings. The number of para-hydroxylation sites is 1. The highest BCUT2D eigenvalue weighted by molar-refractivity contribution is 6.28. The molecule has 0 aromatic heterocycles. The molecule has 1 aliphatic carbocycles. The smallest absolute Gasteiger partial charge is 0.0464 e. The molecule has 0 amide bonds. The van der Waals surface area contributed by atoms with E-state index in [0.717, 1.165) is 17.1 Å². The van der Waals surface area contributed by atoms with Gasteiger partial charge in [0.05, 0.1) is 0 Å². The van der Waals surface area contributed by atoms with Crippen LogP contribution in [0.5, 0.6) is 0 Å². The summed E-state index contributed by atoms with van der Waals surface area (Å²) in [5, 5.41) is 11.7. The molecule has 0 spiro atoms. The van der Waals surface area contributed by atoms with E-state index in [-0.39, 0.29) is 0 Å². The summed E-state index contributed by atoms with van der Waals surface area (Å²) in [5.41, 5.74) is 17.5. The van der Waals surface area contributed by atoms with Crippen LogP contribution in [0.25, 0.3) is 77.2 Å². The third-order valence-electron chi connectivity index (χ3n) is 10.6. The van der Waals surface area contributed by atoms with Crippen molar-refractivity contribution in [3.63, 3.8) is 0 Å². The van der Waals surface area contributed by atoms with Gasteiger partial charge in [0.15, 0.2) is 0 Å². The van der Waals surface area contributed by atoms with Crippen molar-refractivity contribution < 1.29 is 0 Å². The minimum atomic E-state index is 1.13. The van der Waals surface area contributed by atoms with Gasteiger partial charge >= 0.3 is 0 Å². The monoisotopic (exact) mass is 718 g/mol. The molecule has 10 rings (SSSR count). The van der Waals surface area contributed by atoms with Crippen molar-refractivity contribution in [3.8, 4) is 62.2 Å². The van der Waals surface area contributed by atoms with Crippen LogP contribution < -0.4 is 4.90 Å². The highest BCUT2D eigenvalue weighted by atomic mass is 15.1. The first kappa shape index (κ1) is 35.8. The molecule has 56 heavy (non-hydrogen) atoms. The predicted octanol–water partition coefficient (Wildman–Crippen LogP) is 15.6. The summed E-state index contributed by atoms with van der Waals surface area (Å²) in [5.74, 6) is 0. The molecule has 0 saturated carbocycles. The standard InChI is InChI=1S/C51H35N.C2H6.CHN/c1-34-15-13-22-40(33-34)52(38-20-9-4-10-21-38)39-29-27-35(28-30-39)41-31-32-46-49-42(41)25-14-26-45(49)50-47(36-16-5-2-6-17-36)43-23-11-12-24-44(43)48(51(46)50)37-18-7-3-8-19-37;2*1-2/h2-33H,1H3;1-2H3;1H. The van der Waals surface area contributed by atoms with Gasteiger partial charge in [-0.1, -0.05) is 172 Å². The number of rotatable bonds is 6. The maximum absolute atomic E-state index is 6.50. The number of hydrogen-bond acceptors (Lipinski definition) is 2. The van der Waals surface area contributed by atoms with Gasteiger partial charge in [-0.15, -0.1) is 0 Å². The van der Waals surface area contributed by atoms with Crippen molar-refractivity contribution in [2.24, 2.45) is 0 Å². The van der Waals surface area contributed by atoms with Crippen LogP contribution in [0.15, 0.2) is 194 Å². The van der Waals surface area contributed by atoms with Crippen molar-refractivity contribution in [3.05, 3.63) is 200 Å². The van der Waals surface area contributed by atoms with E-state index >= 15 is 0 Å². The Balaban J connectivity index is 0.00000107. The molecule has 0 saturated heterocycles. The number of aryl methyl sites for hydroxylation is 1. The molecule has 1 aliphatic rings. The molecule has 0 aliphatic heterocycles. The fraction of sp³-hybridized carbons (Fsp3) is 0.0556. The minimum absolute atomic E-state index is 1.13. The van der Waals surface area contributed by atoms with E-state index in [9.17, 15) is 0 Å². The summed E-state index contributed by atoms with van der Waals surface area (Å²) in [7, 11) is 0. The lowest BCUT2D eigenvalue weighted by atomic mass is 9.82. The number of fused-ring (bicyclic) bond motifs is 4. The average molecular weight is 719 g/mol. The molecular formula is C54H42N2. The molecule has 0 atom stereocenters. The molecule has 0 N–H and O–H groups in total. The summed E-state index contributed by atoms with van der Waals surface area (Å²) in [4.78, 5) is 2.34. The Morgan fingerprint density at radius 2 is 0.804 bits per heavy atom. The molecule has 2 nitrogen and oxygen atoms in total. The van der Waals surface area contributed by atoms with Crippen molar-refractivity contribution >= 4 is 38.6 Å². The van der Waals surface area contributed by atoms with Crippen molar-refractivity contribution in [2.45, 2.75) is 20.8 Å². The lowest BCUT2D eigenvalue weighted by Crippen LogP contribution is -2.09. The lowest BCUT2D eigenvalue weighted by molar-refractivity contribution is 1.27.